The van der Waals surface area contributed by atoms with Gasteiger partial charge in [0.1, 0.15) is 23.9 Å². The number of esters is 1. The second kappa shape index (κ2) is 12.3. The van der Waals surface area contributed by atoms with E-state index in [-0.39, 0.29) is 30.9 Å². The van der Waals surface area contributed by atoms with E-state index in [4.69, 9.17) is 14.2 Å². The lowest BCUT2D eigenvalue weighted by Crippen LogP contribution is -2.65. The van der Waals surface area contributed by atoms with Crippen molar-refractivity contribution in [1.82, 2.24) is 10.2 Å². The first-order chi connectivity index (χ1) is 20.3. The highest BCUT2D eigenvalue weighted by molar-refractivity contribution is 5.93. The number of amides is 2. The van der Waals surface area contributed by atoms with E-state index in [1.54, 1.807) is 12.0 Å². The average Bonchev–Trinajstić information content (AvgIpc) is 3.32. The summed E-state index contributed by atoms with van der Waals surface area (Å²) in [5.41, 5.74) is 4.21. The fraction of sp³-hybridized carbons (Fsp3) is 0.382. The van der Waals surface area contributed by atoms with E-state index in [1.807, 2.05) is 62.4 Å². The van der Waals surface area contributed by atoms with Crippen molar-refractivity contribution in [3.8, 4) is 16.9 Å². The Labute approximate surface area is 247 Å². The maximum absolute atomic E-state index is 14.0. The zero-order chi connectivity index (χ0) is 29.9. The molecular weight excluding hydrogens is 532 g/mol. The molecule has 1 heterocycles. The number of piperidine rings is 1. The van der Waals surface area contributed by atoms with Crippen LogP contribution in [0.5, 0.6) is 5.75 Å². The molecule has 5 rings (SSSR count). The van der Waals surface area contributed by atoms with Crippen LogP contribution in [0.1, 0.15) is 55.7 Å². The Morgan fingerprint density at radius 2 is 1.57 bits per heavy atom. The Morgan fingerprint density at radius 1 is 0.952 bits per heavy atom. The number of alkyl carbamates (subject to hydrolysis) is 1. The Balaban J connectivity index is 1.33. The van der Waals surface area contributed by atoms with Gasteiger partial charge in [0.15, 0.2) is 0 Å². The minimum atomic E-state index is -1.14. The molecule has 0 radical (unpaired) electrons. The molecule has 0 spiro atoms. The number of fused-ring (bicyclic) bond motifs is 3. The maximum atomic E-state index is 14.0. The molecule has 1 aliphatic heterocycles. The molecule has 1 saturated heterocycles. The van der Waals surface area contributed by atoms with E-state index in [9.17, 15) is 14.4 Å². The van der Waals surface area contributed by atoms with Gasteiger partial charge in [0.25, 0.3) is 0 Å². The Hall–Kier alpha value is -4.33. The molecule has 2 amide bonds. The zero-order valence-electron chi connectivity index (χ0n) is 24.6. The van der Waals surface area contributed by atoms with Gasteiger partial charge in [-0.25, -0.2) is 9.59 Å². The summed E-state index contributed by atoms with van der Waals surface area (Å²) in [7, 11) is 2.94. The SMILES string of the molecule is COC(=O)[C@@]1(CC(C)C)CC[C@@H](NC(=O)OCC2c3ccccc3-c3ccccc32)C(=O)N1Cc1ccc(OC)cc1. The summed E-state index contributed by atoms with van der Waals surface area (Å²) in [6.45, 7) is 4.37. The lowest BCUT2D eigenvalue weighted by molar-refractivity contribution is -0.170. The molecule has 2 atom stereocenters. The number of likely N-dealkylation sites (tertiary alicyclic amines) is 1. The number of hydrogen-bond donors (Lipinski definition) is 1. The van der Waals surface area contributed by atoms with E-state index in [1.165, 1.54) is 7.11 Å². The standard InChI is InChI=1S/C34H38N2O6/c1-22(2)19-34(32(38)41-4)18-17-30(31(37)36(34)20-23-13-15-24(40-3)16-14-23)35-33(39)42-21-29-27-11-7-5-9-25(27)26-10-6-8-12-28(26)29/h5-16,22,29-30H,17-21H2,1-4H3,(H,35,39)/t30-,34+/m1/s1. The topological polar surface area (TPSA) is 94.2 Å². The molecule has 0 unspecified atom stereocenters. The number of nitrogens with one attached hydrogen (secondary N) is 1. The van der Waals surface area contributed by atoms with Gasteiger partial charge in [-0.05, 0) is 65.1 Å². The van der Waals surface area contributed by atoms with Crippen LogP contribution in [0.15, 0.2) is 72.8 Å². The lowest BCUT2D eigenvalue weighted by atomic mass is 9.78. The van der Waals surface area contributed by atoms with Gasteiger partial charge < -0.3 is 24.4 Å². The number of methoxy groups -OCH3 is 2. The molecule has 1 aliphatic carbocycles. The molecular formula is C34H38N2O6. The Bertz CT molecular complexity index is 1410. The van der Waals surface area contributed by atoms with E-state index < -0.39 is 23.6 Å². The highest BCUT2D eigenvalue weighted by Gasteiger charge is 2.52. The van der Waals surface area contributed by atoms with Crippen molar-refractivity contribution in [2.24, 2.45) is 5.92 Å². The third-order valence-electron chi connectivity index (χ3n) is 8.37. The molecule has 0 saturated carbocycles. The van der Waals surface area contributed by atoms with Gasteiger partial charge in [0.05, 0.1) is 14.2 Å². The van der Waals surface area contributed by atoms with Crippen molar-refractivity contribution in [2.45, 2.75) is 57.2 Å². The smallest absolute Gasteiger partial charge is 0.407 e. The van der Waals surface area contributed by atoms with Crippen molar-refractivity contribution >= 4 is 18.0 Å². The van der Waals surface area contributed by atoms with E-state index >= 15 is 0 Å². The van der Waals surface area contributed by atoms with Crippen LogP contribution in [-0.2, 0) is 25.6 Å². The second-order valence-corrected chi connectivity index (χ2v) is 11.5. The molecule has 8 heteroatoms. The van der Waals surface area contributed by atoms with Gasteiger partial charge in [0.2, 0.25) is 5.91 Å². The Morgan fingerprint density at radius 3 is 2.14 bits per heavy atom. The van der Waals surface area contributed by atoms with Crippen molar-refractivity contribution in [1.29, 1.82) is 0 Å². The predicted octanol–water partition coefficient (Wildman–Crippen LogP) is 5.68. The highest BCUT2D eigenvalue weighted by Crippen LogP contribution is 2.44. The van der Waals surface area contributed by atoms with Crippen molar-refractivity contribution in [2.75, 3.05) is 20.8 Å². The van der Waals surface area contributed by atoms with Crippen LogP contribution in [0.25, 0.3) is 11.1 Å². The van der Waals surface area contributed by atoms with Crippen LogP contribution >= 0.6 is 0 Å². The molecule has 0 aromatic heterocycles. The van der Waals surface area contributed by atoms with Crippen molar-refractivity contribution in [3.05, 3.63) is 89.5 Å². The van der Waals surface area contributed by atoms with Gasteiger partial charge in [-0.15, -0.1) is 0 Å². The number of rotatable bonds is 9. The molecule has 0 bridgehead atoms. The average molecular weight is 571 g/mol. The summed E-state index contributed by atoms with van der Waals surface area (Å²) in [4.78, 5) is 42.0. The zero-order valence-corrected chi connectivity index (χ0v) is 24.6. The van der Waals surface area contributed by atoms with Crippen molar-refractivity contribution < 1.29 is 28.6 Å². The molecule has 3 aromatic carbocycles. The second-order valence-electron chi connectivity index (χ2n) is 11.5. The number of carbonyl (C=O) groups is 3. The molecule has 1 N–H and O–H groups in total. The quantitative estimate of drug-likeness (QED) is 0.333. The third kappa shape index (κ3) is 5.58. The van der Waals surface area contributed by atoms with E-state index in [0.29, 0.717) is 25.0 Å². The molecule has 42 heavy (non-hydrogen) atoms. The number of carbonyl (C=O) groups excluding carboxylic acids is 3. The van der Waals surface area contributed by atoms with Gasteiger partial charge in [-0.1, -0.05) is 74.5 Å². The van der Waals surface area contributed by atoms with Crippen LogP contribution in [-0.4, -0.2) is 55.3 Å². The van der Waals surface area contributed by atoms with E-state index in [2.05, 4.69) is 29.6 Å². The minimum Gasteiger partial charge on any atom is -0.497 e. The fourth-order valence-corrected chi connectivity index (χ4v) is 6.47. The molecule has 8 nitrogen and oxygen atoms in total. The van der Waals surface area contributed by atoms with Gasteiger partial charge in [-0.3, -0.25) is 4.79 Å². The van der Waals surface area contributed by atoms with Crippen LogP contribution in [0.4, 0.5) is 4.79 Å². The van der Waals surface area contributed by atoms with Crippen LogP contribution in [0.3, 0.4) is 0 Å². The maximum Gasteiger partial charge on any atom is 0.407 e. The predicted molar refractivity (Wildman–Crippen MR) is 159 cm³/mol. The monoisotopic (exact) mass is 570 g/mol. The molecule has 1 fully saturated rings. The summed E-state index contributed by atoms with van der Waals surface area (Å²) < 4.78 is 16.3. The van der Waals surface area contributed by atoms with Gasteiger partial charge >= 0.3 is 12.1 Å². The first-order valence-corrected chi connectivity index (χ1v) is 14.4. The fourth-order valence-electron chi connectivity index (χ4n) is 6.47. The summed E-state index contributed by atoms with van der Waals surface area (Å²) >= 11 is 0. The van der Waals surface area contributed by atoms with E-state index in [0.717, 1.165) is 27.8 Å². The minimum absolute atomic E-state index is 0.0882. The first kappa shape index (κ1) is 29.2. The number of hydrogen-bond acceptors (Lipinski definition) is 6. The van der Waals surface area contributed by atoms with Crippen LogP contribution in [0, 0.1) is 5.92 Å². The van der Waals surface area contributed by atoms with Crippen LogP contribution in [0.2, 0.25) is 0 Å². The first-order valence-electron chi connectivity index (χ1n) is 14.4. The Kier molecular flexibility index (Phi) is 8.52. The summed E-state index contributed by atoms with van der Waals surface area (Å²) in [6.07, 6.45) is 0.436. The number of benzene rings is 3. The van der Waals surface area contributed by atoms with Gasteiger partial charge in [-0.2, -0.15) is 0 Å². The summed E-state index contributed by atoms with van der Waals surface area (Å²) in [5, 5.41) is 2.80. The molecule has 2 aliphatic rings. The summed E-state index contributed by atoms with van der Waals surface area (Å²) in [5.74, 6) is -0.0501. The third-order valence-corrected chi connectivity index (χ3v) is 8.37. The van der Waals surface area contributed by atoms with Gasteiger partial charge in [0, 0.05) is 12.5 Å². The van der Waals surface area contributed by atoms with Crippen molar-refractivity contribution in [3.63, 3.8) is 0 Å². The molecule has 3 aromatic rings. The van der Waals surface area contributed by atoms with Crippen LogP contribution < -0.4 is 10.1 Å². The normalized spacial score (nSPS) is 19.7. The largest absolute Gasteiger partial charge is 0.497 e. The molecule has 220 valence electrons. The highest BCUT2D eigenvalue weighted by atomic mass is 16.5. The summed E-state index contributed by atoms with van der Waals surface area (Å²) in [6, 6.07) is 22.8. The number of nitrogens with zero attached hydrogens (tertiary/aromatic N) is 1. The number of ether oxygens (including phenoxy) is 3. The lowest BCUT2D eigenvalue weighted by Gasteiger charge is -2.48.